The quantitative estimate of drug-likeness (QED) is 0.119. The highest BCUT2D eigenvalue weighted by Gasteiger charge is 2.42. The van der Waals surface area contributed by atoms with Crippen molar-refractivity contribution >= 4 is 52.1 Å². The highest BCUT2D eigenvalue weighted by atomic mass is 35.5. The molecule has 2 unspecified atom stereocenters. The molecule has 10 heteroatoms. The van der Waals surface area contributed by atoms with Gasteiger partial charge in [-0.3, -0.25) is 15.1 Å². The van der Waals surface area contributed by atoms with Gasteiger partial charge in [-0.1, -0.05) is 35.5 Å². The number of thiocarbonyl (C=S) groups is 1. The average Bonchev–Trinajstić information content (AvgIpc) is 3.59. The molecule has 6 rings (SSSR count). The fraction of sp³-hybridized carbons (Fsp3) is 0.0667. The second-order valence-electron chi connectivity index (χ2n) is 9.13. The molecule has 0 saturated carbocycles. The Morgan fingerprint density at radius 2 is 1.65 bits per heavy atom. The minimum absolute atomic E-state index is 0.0748. The van der Waals surface area contributed by atoms with Crippen molar-refractivity contribution in [2.24, 2.45) is 0 Å². The molecular weight excluding hydrogens is 562 g/mol. The smallest absolute Gasteiger partial charge is 0.269 e. The van der Waals surface area contributed by atoms with Gasteiger partial charge >= 0.3 is 0 Å². The zero-order valence-corrected chi connectivity index (χ0v) is 23.3. The summed E-state index contributed by atoms with van der Waals surface area (Å²) < 4.78 is 2.13. The first-order chi connectivity index (χ1) is 19.5. The highest BCUT2D eigenvalue weighted by molar-refractivity contribution is 7.99. The molecule has 2 atom stereocenters. The van der Waals surface area contributed by atoms with Crippen LogP contribution in [0.25, 0.3) is 5.69 Å². The Hall–Kier alpha value is -4.18. The van der Waals surface area contributed by atoms with Crippen molar-refractivity contribution in [2.75, 3.05) is 4.90 Å². The van der Waals surface area contributed by atoms with Crippen LogP contribution in [-0.2, 0) is 0 Å². The van der Waals surface area contributed by atoms with Gasteiger partial charge in [-0.2, -0.15) is 0 Å². The number of nitrogens with zero attached hydrogens (tertiary/aromatic N) is 4. The summed E-state index contributed by atoms with van der Waals surface area (Å²) in [6, 6.07) is 32.1. The lowest BCUT2D eigenvalue weighted by atomic mass is 10.0. The van der Waals surface area contributed by atoms with Crippen LogP contribution in [0, 0.1) is 10.1 Å². The van der Waals surface area contributed by atoms with Crippen molar-refractivity contribution in [2.45, 2.75) is 21.9 Å². The van der Waals surface area contributed by atoms with Gasteiger partial charge < -0.3 is 14.8 Å². The van der Waals surface area contributed by atoms with E-state index in [9.17, 15) is 10.1 Å². The van der Waals surface area contributed by atoms with Gasteiger partial charge in [0.25, 0.3) is 5.69 Å². The van der Waals surface area contributed by atoms with Crippen LogP contribution in [0.2, 0.25) is 5.02 Å². The number of hydrogen-bond donors (Lipinski definition) is 1. The molecule has 1 N–H and O–H groups in total. The van der Waals surface area contributed by atoms with Crippen LogP contribution in [0.15, 0.2) is 125 Å². The van der Waals surface area contributed by atoms with Gasteiger partial charge in [0.15, 0.2) is 5.11 Å². The van der Waals surface area contributed by atoms with Gasteiger partial charge in [-0.15, -0.1) is 0 Å². The Balaban J connectivity index is 1.36. The van der Waals surface area contributed by atoms with Gasteiger partial charge in [0.2, 0.25) is 0 Å². The number of hydrogen-bond acceptors (Lipinski definition) is 5. The lowest BCUT2D eigenvalue weighted by molar-refractivity contribution is -0.384. The molecule has 5 aromatic rings. The molecular formula is C30H22ClN5O2S2. The van der Waals surface area contributed by atoms with Crippen molar-refractivity contribution in [3.8, 4) is 5.69 Å². The molecule has 0 bridgehead atoms. The number of pyridine rings is 1. The van der Waals surface area contributed by atoms with E-state index in [1.165, 1.54) is 12.1 Å². The maximum Gasteiger partial charge on any atom is 0.269 e. The van der Waals surface area contributed by atoms with Gasteiger partial charge in [0.1, 0.15) is 6.04 Å². The Kier molecular flexibility index (Phi) is 7.25. The molecule has 3 heterocycles. The lowest BCUT2D eigenvalue weighted by Gasteiger charge is -2.29. The van der Waals surface area contributed by atoms with Crippen LogP contribution in [0.1, 0.15) is 23.5 Å². The normalized spacial score (nSPS) is 16.6. The monoisotopic (exact) mass is 583 g/mol. The molecule has 40 heavy (non-hydrogen) atoms. The summed E-state index contributed by atoms with van der Waals surface area (Å²) >= 11 is 13.8. The Morgan fingerprint density at radius 1 is 0.900 bits per heavy atom. The van der Waals surface area contributed by atoms with Crippen molar-refractivity contribution in [3.05, 3.63) is 142 Å². The van der Waals surface area contributed by atoms with E-state index in [0.29, 0.717) is 10.1 Å². The number of nitro groups is 1. The summed E-state index contributed by atoms with van der Waals surface area (Å²) in [4.78, 5) is 19.3. The molecule has 1 aliphatic heterocycles. The largest absolute Gasteiger partial charge is 0.351 e. The summed E-state index contributed by atoms with van der Waals surface area (Å²) in [6.45, 7) is 0. The molecule has 7 nitrogen and oxygen atoms in total. The van der Waals surface area contributed by atoms with Crippen LogP contribution in [0.4, 0.5) is 11.4 Å². The zero-order valence-electron chi connectivity index (χ0n) is 20.9. The molecule has 0 amide bonds. The summed E-state index contributed by atoms with van der Waals surface area (Å²) in [5.74, 6) is 0. The molecule has 1 fully saturated rings. The molecule has 0 spiro atoms. The van der Waals surface area contributed by atoms with E-state index in [1.54, 1.807) is 30.1 Å². The predicted molar refractivity (Wildman–Crippen MR) is 162 cm³/mol. The topological polar surface area (TPSA) is 76.2 Å². The van der Waals surface area contributed by atoms with E-state index < -0.39 is 4.92 Å². The molecule has 0 radical (unpaired) electrons. The van der Waals surface area contributed by atoms with E-state index in [0.717, 1.165) is 32.6 Å². The van der Waals surface area contributed by atoms with E-state index >= 15 is 0 Å². The van der Waals surface area contributed by atoms with Crippen LogP contribution in [0.3, 0.4) is 0 Å². The van der Waals surface area contributed by atoms with Gasteiger partial charge in [0.05, 0.1) is 16.7 Å². The highest BCUT2D eigenvalue weighted by Crippen LogP contribution is 2.43. The standard InChI is InChI=1S/C30H22ClN5O2S2/c31-20-5-3-6-23(19-20)34-18-4-8-27(34)29-28(26-7-1-2-17-32-26)33-30(39)35(29)21-9-13-24(14-10-21)40-25-15-11-22(12-16-25)36(37)38/h1-19,28-29H,(H,33,39). The van der Waals surface area contributed by atoms with E-state index in [2.05, 4.69) is 25.8 Å². The van der Waals surface area contributed by atoms with Crippen LogP contribution < -0.4 is 10.2 Å². The maximum atomic E-state index is 11.0. The number of nitro benzene ring substituents is 1. The third-order valence-corrected chi connectivity index (χ3v) is 8.23. The number of rotatable bonds is 7. The lowest BCUT2D eigenvalue weighted by Crippen LogP contribution is -2.30. The first-order valence-corrected chi connectivity index (χ1v) is 14.0. The van der Waals surface area contributed by atoms with Gasteiger partial charge in [-0.25, -0.2) is 0 Å². The van der Waals surface area contributed by atoms with Crippen LogP contribution in [0.5, 0.6) is 0 Å². The maximum absolute atomic E-state index is 11.0. The molecule has 1 saturated heterocycles. The summed E-state index contributed by atoms with van der Waals surface area (Å²) in [7, 11) is 0. The first-order valence-electron chi connectivity index (χ1n) is 12.4. The number of halogens is 1. The molecule has 1 aliphatic rings. The number of aromatic nitrogens is 2. The fourth-order valence-corrected chi connectivity index (χ4v) is 6.22. The average molecular weight is 584 g/mol. The van der Waals surface area contributed by atoms with E-state index in [4.69, 9.17) is 23.8 Å². The summed E-state index contributed by atoms with van der Waals surface area (Å²) in [6.07, 6.45) is 3.82. The molecule has 2 aromatic heterocycles. The van der Waals surface area contributed by atoms with E-state index in [1.807, 2.05) is 79.0 Å². The predicted octanol–water partition coefficient (Wildman–Crippen LogP) is 7.76. The second kappa shape index (κ2) is 11.1. The van der Waals surface area contributed by atoms with Crippen LogP contribution >= 0.6 is 35.6 Å². The minimum Gasteiger partial charge on any atom is -0.351 e. The third kappa shape index (κ3) is 5.19. The van der Waals surface area contributed by atoms with Crippen LogP contribution in [-0.4, -0.2) is 19.6 Å². The number of nitrogens with one attached hydrogen (secondary N) is 1. The Bertz CT molecular complexity index is 1680. The first kappa shape index (κ1) is 26.1. The minimum atomic E-state index is -0.395. The third-order valence-electron chi connectivity index (χ3n) is 6.67. The van der Waals surface area contributed by atoms with Crippen molar-refractivity contribution in [1.29, 1.82) is 0 Å². The number of anilines is 1. The van der Waals surface area contributed by atoms with Gasteiger partial charge in [0, 0.05) is 56.4 Å². The Labute approximate surface area is 245 Å². The van der Waals surface area contributed by atoms with Crippen molar-refractivity contribution in [3.63, 3.8) is 0 Å². The zero-order chi connectivity index (χ0) is 27.6. The number of non-ortho nitro benzene ring substituents is 1. The second-order valence-corrected chi connectivity index (χ2v) is 11.1. The fourth-order valence-electron chi connectivity index (χ4n) is 4.88. The molecule has 0 aliphatic carbocycles. The van der Waals surface area contributed by atoms with Crippen molar-refractivity contribution in [1.82, 2.24) is 14.9 Å². The summed E-state index contributed by atoms with van der Waals surface area (Å²) in [5.41, 5.74) is 3.90. The Morgan fingerprint density at radius 3 is 2.33 bits per heavy atom. The number of benzene rings is 3. The van der Waals surface area contributed by atoms with Gasteiger partial charge in [-0.05, 0) is 91.1 Å². The summed E-state index contributed by atoms with van der Waals surface area (Å²) in [5, 5.41) is 15.8. The molecule has 3 aromatic carbocycles. The molecule has 198 valence electrons. The van der Waals surface area contributed by atoms with E-state index in [-0.39, 0.29) is 17.8 Å². The van der Waals surface area contributed by atoms with Crippen molar-refractivity contribution < 1.29 is 4.92 Å². The SMILES string of the molecule is O=[N+]([O-])c1ccc(Sc2ccc(N3C(=S)NC(c4ccccn4)C3c3cccn3-c3cccc(Cl)c3)cc2)cc1.